The maximum Gasteiger partial charge on any atom is 0.407 e. The minimum Gasteiger partial charge on any atom is -0.480 e. The molecule has 1 saturated carbocycles. The van der Waals surface area contributed by atoms with E-state index in [1.165, 1.54) is 0 Å². The number of sulfonamides is 1. The molecule has 2 heterocycles. The first-order valence-electron chi connectivity index (χ1n) is 13.6. The van der Waals surface area contributed by atoms with E-state index in [9.17, 15) is 32.7 Å². The number of aliphatic carboxylic acids is 1. The van der Waals surface area contributed by atoms with Crippen LogP contribution in [-0.4, -0.2) is 90.1 Å². The first-order chi connectivity index (χ1) is 18.7. The van der Waals surface area contributed by atoms with E-state index in [0.717, 1.165) is 24.2 Å². The molecule has 0 bridgehead atoms. The number of rotatable bonds is 8. The van der Waals surface area contributed by atoms with Crippen LogP contribution in [0.1, 0.15) is 58.4 Å². The summed E-state index contributed by atoms with van der Waals surface area (Å²) < 4.78 is 34.3. The second-order valence-electron chi connectivity index (χ2n) is 11.9. The monoisotopic (exact) mass is 578 g/mol. The highest BCUT2D eigenvalue weighted by molar-refractivity contribution is 7.88. The highest BCUT2D eigenvalue weighted by Gasteiger charge is 2.68. The summed E-state index contributed by atoms with van der Waals surface area (Å²) in [6.45, 7) is 5.96. The van der Waals surface area contributed by atoms with Gasteiger partial charge in [-0.1, -0.05) is 30.3 Å². The number of alkyl carbamates (subject to hydrolysis) is 1. The van der Waals surface area contributed by atoms with Crippen LogP contribution >= 0.6 is 0 Å². The van der Waals surface area contributed by atoms with Gasteiger partial charge in [0.2, 0.25) is 21.8 Å². The molecule has 220 valence electrons. The standard InChI is InChI=1S/C27H38N4O8S/c1-26(2,3)39-25(36)28-19-14-21(23(33)34)31(16-19)24(35)27(15-20(27)22(32)30-12-8-5-9-13-30)29-40(37,38)17-18-10-6-4-7-11-18/h4,6-7,10-11,19-21,29H,5,8-9,12-17H2,1-3H3,(H,28,36)(H,33,34)/t19-,20+,21?,27?/m0/s1. The Morgan fingerprint density at radius 2 is 1.73 bits per heavy atom. The maximum atomic E-state index is 14.1. The average molecular weight is 579 g/mol. The van der Waals surface area contributed by atoms with Gasteiger partial charge in [-0.05, 0) is 52.0 Å². The van der Waals surface area contributed by atoms with Crippen LogP contribution in [0.25, 0.3) is 0 Å². The summed E-state index contributed by atoms with van der Waals surface area (Å²) in [4.78, 5) is 54.7. The molecule has 1 aromatic carbocycles. The molecule has 2 unspecified atom stereocenters. The van der Waals surface area contributed by atoms with Crippen molar-refractivity contribution in [3.05, 3.63) is 35.9 Å². The molecular formula is C27H38N4O8S. The summed E-state index contributed by atoms with van der Waals surface area (Å²) in [5.41, 5.74) is -2.07. The quantitative estimate of drug-likeness (QED) is 0.418. The summed E-state index contributed by atoms with van der Waals surface area (Å²) in [5.74, 6) is -3.73. The third-order valence-electron chi connectivity index (χ3n) is 7.41. The van der Waals surface area contributed by atoms with E-state index in [4.69, 9.17) is 4.74 Å². The molecule has 0 aromatic heterocycles. The SMILES string of the molecule is CC(C)(C)OC(=O)N[C@H]1CC(C(=O)O)N(C(=O)C2(NS(=O)(=O)Cc3ccccc3)C[C@@H]2C(=O)N2CCCCC2)C1. The lowest BCUT2D eigenvalue weighted by atomic mass is 10.1. The minimum absolute atomic E-state index is 0.0673. The summed E-state index contributed by atoms with van der Waals surface area (Å²) in [7, 11) is -4.10. The molecule has 3 aliphatic rings. The highest BCUT2D eigenvalue weighted by Crippen LogP contribution is 2.48. The van der Waals surface area contributed by atoms with Crippen LogP contribution in [0.5, 0.6) is 0 Å². The van der Waals surface area contributed by atoms with Crippen LogP contribution in [0, 0.1) is 5.92 Å². The van der Waals surface area contributed by atoms with Gasteiger partial charge in [-0.2, -0.15) is 4.72 Å². The predicted octanol–water partition coefficient (Wildman–Crippen LogP) is 1.46. The molecule has 2 aliphatic heterocycles. The zero-order valence-electron chi connectivity index (χ0n) is 23.1. The Hall–Kier alpha value is -3.19. The molecule has 2 saturated heterocycles. The lowest BCUT2D eigenvalue weighted by Crippen LogP contribution is -2.56. The van der Waals surface area contributed by atoms with E-state index >= 15 is 0 Å². The number of nitrogens with zero attached hydrogens (tertiary/aromatic N) is 2. The first kappa shape index (κ1) is 29.8. The van der Waals surface area contributed by atoms with Gasteiger partial charge in [-0.3, -0.25) is 9.59 Å². The molecule has 3 amide bonds. The predicted molar refractivity (Wildman–Crippen MR) is 144 cm³/mol. The lowest BCUT2D eigenvalue weighted by Gasteiger charge is -2.30. The van der Waals surface area contributed by atoms with Gasteiger partial charge in [0.15, 0.2) is 0 Å². The van der Waals surface area contributed by atoms with Crippen LogP contribution in [0.2, 0.25) is 0 Å². The van der Waals surface area contributed by atoms with Crippen LogP contribution in [0.15, 0.2) is 30.3 Å². The molecule has 13 heteroatoms. The molecule has 12 nitrogen and oxygen atoms in total. The van der Waals surface area contributed by atoms with Gasteiger partial charge in [0.05, 0.1) is 17.7 Å². The number of carboxylic acids is 1. The third-order valence-corrected chi connectivity index (χ3v) is 8.80. The van der Waals surface area contributed by atoms with Gasteiger partial charge >= 0.3 is 12.1 Å². The number of hydrogen-bond acceptors (Lipinski definition) is 7. The van der Waals surface area contributed by atoms with Crippen molar-refractivity contribution in [3.8, 4) is 0 Å². The molecular weight excluding hydrogens is 540 g/mol. The van der Waals surface area contributed by atoms with Crippen LogP contribution in [0.3, 0.4) is 0 Å². The molecule has 3 N–H and O–H groups in total. The van der Waals surface area contributed by atoms with Crippen molar-refractivity contribution >= 4 is 33.9 Å². The summed E-state index contributed by atoms with van der Waals surface area (Å²) >= 11 is 0. The molecule has 40 heavy (non-hydrogen) atoms. The number of ether oxygens (including phenoxy) is 1. The van der Waals surface area contributed by atoms with Crippen molar-refractivity contribution in [1.82, 2.24) is 19.8 Å². The van der Waals surface area contributed by atoms with Crippen LogP contribution < -0.4 is 10.0 Å². The smallest absolute Gasteiger partial charge is 0.407 e. The fourth-order valence-corrected chi connectivity index (χ4v) is 7.10. The minimum atomic E-state index is -4.10. The lowest BCUT2D eigenvalue weighted by molar-refractivity contribution is -0.149. The Bertz CT molecular complexity index is 1240. The summed E-state index contributed by atoms with van der Waals surface area (Å²) in [6.07, 6.45) is 1.73. The van der Waals surface area contributed by atoms with Gasteiger partial charge < -0.3 is 25.0 Å². The summed E-state index contributed by atoms with van der Waals surface area (Å²) in [5, 5.41) is 12.5. The third kappa shape index (κ3) is 6.92. The zero-order chi connectivity index (χ0) is 29.3. The van der Waals surface area contributed by atoms with Crippen molar-refractivity contribution in [1.29, 1.82) is 0 Å². The van der Waals surface area contributed by atoms with E-state index in [2.05, 4.69) is 10.0 Å². The number of benzene rings is 1. The average Bonchev–Trinajstić information content (AvgIpc) is 3.42. The largest absolute Gasteiger partial charge is 0.480 e. The molecule has 3 fully saturated rings. The van der Waals surface area contributed by atoms with Crippen molar-refractivity contribution in [3.63, 3.8) is 0 Å². The van der Waals surface area contributed by atoms with Gasteiger partial charge in [-0.25, -0.2) is 18.0 Å². The number of carbonyl (C=O) groups excluding carboxylic acids is 3. The number of carboxylic acid groups (broad SMARTS) is 1. The number of nitrogens with one attached hydrogen (secondary N) is 2. The molecule has 1 aromatic rings. The summed E-state index contributed by atoms with van der Waals surface area (Å²) in [6, 6.07) is 6.40. The Kier molecular flexibility index (Phi) is 8.46. The second-order valence-corrected chi connectivity index (χ2v) is 13.6. The number of hydrogen-bond donors (Lipinski definition) is 3. The Balaban J connectivity index is 1.58. The van der Waals surface area contributed by atoms with Crippen molar-refractivity contribution in [2.75, 3.05) is 19.6 Å². The van der Waals surface area contributed by atoms with Gasteiger partial charge in [-0.15, -0.1) is 0 Å². The first-order valence-corrected chi connectivity index (χ1v) is 15.2. The van der Waals surface area contributed by atoms with Crippen molar-refractivity contribution in [2.24, 2.45) is 5.92 Å². The topological polar surface area (TPSA) is 162 Å². The Morgan fingerprint density at radius 3 is 2.33 bits per heavy atom. The molecule has 0 spiro atoms. The number of amides is 3. The molecule has 4 atom stereocenters. The van der Waals surface area contributed by atoms with E-state index in [-0.39, 0.29) is 25.3 Å². The number of carbonyl (C=O) groups is 4. The molecule has 1 aliphatic carbocycles. The maximum absolute atomic E-state index is 14.1. The van der Waals surface area contributed by atoms with E-state index in [0.29, 0.717) is 18.7 Å². The van der Waals surface area contributed by atoms with Crippen LogP contribution in [-0.2, 0) is 34.9 Å². The van der Waals surface area contributed by atoms with Gasteiger partial charge in [0, 0.05) is 26.1 Å². The van der Waals surface area contributed by atoms with E-state index in [1.807, 2.05) is 0 Å². The zero-order valence-corrected chi connectivity index (χ0v) is 23.9. The van der Waals surface area contributed by atoms with Gasteiger partial charge in [0.1, 0.15) is 17.2 Å². The van der Waals surface area contributed by atoms with Gasteiger partial charge in [0.25, 0.3) is 0 Å². The van der Waals surface area contributed by atoms with E-state index in [1.54, 1.807) is 56.0 Å². The number of piperidine rings is 1. The Labute approximate surface area is 234 Å². The fourth-order valence-electron chi connectivity index (χ4n) is 5.53. The normalized spacial score (nSPS) is 26.7. The molecule has 4 rings (SSSR count). The van der Waals surface area contributed by atoms with Crippen molar-refractivity contribution < 1.29 is 37.4 Å². The molecule has 0 radical (unpaired) electrons. The van der Waals surface area contributed by atoms with Crippen LogP contribution in [0.4, 0.5) is 4.79 Å². The van der Waals surface area contributed by atoms with Crippen molar-refractivity contribution in [2.45, 2.75) is 81.9 Å². The second kappa shape index (κ2) is 11.4. The highest BCUT2D eigenvalue weighted by atomic mass is 32.2. The fraction of sp³-hybridized carbons (Fsp3) is 0.630. The number of likely N-dealkylation sites (tertiary alicyclic amines) is 2. The Morgan fingerprint density at radius 1 is 1.07 bits per heavy atom. The van der Waals surface area contributed by atoms with E-state index < -0.39 is 62.9 Å².